The summed E-state index contributed by atoms with van der Waals surface area (Å²) in [5, 5.41) is 0. The van der Waals surface area contributed by atoms with Crippen LogP contribution in [0.5, 0.6) is 0 Å². The van der Waals surface area contributed by atoms with Gasteiger partial charge in [0, 0.05) is 23.6 Å². The van der Waals surface area contributed by atoms with Crippen LogP contribution in [0.1, 0.15) is 19.3 Å². The third kappa shape index (κ3) is 2.88. The van der Waals surface area contributed by atoms with Gasteiger partial charge in [-0.25, -0.2) is 17.5 Å². The van der Waals surface area contributed by atoms with Gasteiger partial charge in [0.1, 0.15) is 10.7 Å². The van der Waals surface area contributed by atoms with E-state index in [9.17, 15) is 17.0 Å². The molecule has 1 fully saturated rings. The van der Waals surface area contributed by atoms with Crippen LogP contribution in [0.25, 0.3) is 0 Å². The van der Waals surface area contributed by atoms with E-state index in [-0.39, 0.29) is 11.4 Å². The standard InChI is InChI=1S/C12H16FNO3S2/c1-18(15)12(7-4-8-12)9-14-19(16,17)11-6-3-2-5-10(11)13/h2-3,5-6,14H,4,7-9H2,1H3. The van der Waals surface area contributed by atoms with Gasteiger partial charge in [-0.2, -0.15) is 0 Å². The van der Waals surface area contributed by atoms with E-state index in [0.717, 1.165) is 25.3 Å². The molecule has 1 saturated carbocycles. The molecule has 0 radical (unpaired) electrons. The van der Waals surface area contributed by atoms with E-state index >= 15 is 0 Å². The minimum absolute atomic E-state index is 0.0901. The lowest BCUT2D eigenvalue weighted by molar-refractivity contribution is 0.351. The molecule has 0 aromatic heterocycles. The Morgan fingerprint density at radius 2 is 2.00 bits per heavy atom. The molecule has 1 aliphatic carbocycles. The monoisotopic (exact) mass is 305 g/mol. The molecule has 4 nitrogen and oxygen atoms in total. The maximum Gasteiger partial charge on any atom is 0.243 e. The van der Waals surface area contributed by atoms with Gasteiger partial charge < -0.3 is 0 Å². The largest absolute Gasteiger partial charge is 0.259 e. The van der Waals surface area contributed by atoms with Gasteiger partial charge in [0.05, 0.1) is 4.75 Å². The Balaban J connectivity index is 2.15. The summed E-state index contributed by atoms with van der Waals surface area (Å²) in [4.78, 5) is -0.369. The molecule has 2 rings (SSSR count). The first kappa shape index (κ1) is 14.6. The fourth-order valence-corrected chi connectivity index (χ4v) is 4.54. The Morgan fingerprint density at radius 1 is 1.37 bits per heavy atom. The maximum absolute atomic E-state index is 13.5. The van der Waals surface area contributed by atoms with Crippen LogP contribution in [0.2, 0.25) is 0 Å². The summed E-state index contributed by atoms with van der Waals surface area (Å²) in [6, 6.07) is 5.22. The van der Waals surface area contributed by atoms with Gasteiger partial charge in [-0.05, 0) is 25.0 Å². The fourth-order valence-electron chi connectivity index (χ4n) is 2.10. The van der Waals surface area contributed by atoms with Gasteiger partial charge in [0.15, 0.2) is 0 Å². The van der Waals surface area contributed by atoms with E-state index in [1.807, 2.05) is 0 Å². The lowest BCUT2D eigenvalue weighted by atomic mass is 9.84. The summed E-state index contributed by atoms with van der Waals surface area (Å²) in [5.41, 5.74) is 0. The third-order valence-electron chi connectivity index (χ3n) is 3.59. The van der Waals surface area contributed by atoms with E-state index in [1.165, 1.54) is 18.2 Å². The summed E-state index contributed by atoms with van der Waals surface area (Å²) in [7, 11) is -4.99. The van der Waals surface area contributed by atoms with Gasteiger partial charge >= 0.3 is 0 Å². The van der Waals surface area contributed by atoms with E-state index in [2.05, 4.69) is 4.72 Å². The molecule has 7 heteroatoms. The molecule has 0 spiro atoms. The molecule has 0 bridgehead atoms. The molecule has 1 aromatic carbocycles. The maximum atomic E-state index is 13.5. The van der Waals surface area contributed by atoms with Crippen molar-refractivity contribution in [1.29, 1.82) is 0 Å². The van der Waals surface area contributed by atoms with Crippen molar-refractivity contribution in [3.63, 3.8) is 0 Å². The average Bonchev–Trinajstić information content (AvgIpc) is 2.27. The molecule has 0 amide bonds. The van der Waals surface area contributed by atoms with Crippen LogP contribution in [0.15, 0.2) is 29.2 Å². The Bertz CT molecular complexity index is 597. The van der Waals surface area contributed by atoms with Gasteiger partial charge in [0.25, 0.3) is 0 Å². The number of nitrogens with one attached hydrogen (secondary N) is 1. The second-order valence-corrected chi connectivity index (χ2v) is 8.26. The molecule has 106 valence electrons. The quantitative estimate of drug-likeness (QED) is 0.894. The highest BCUT2D eigenvalue weighted by Crippen LogP contribution is 2.36. The summed E-state index contributed by atoms with van der Waals surface area (Å²) in [6.07, 6.45) is 3.99. The van der Waals surface area contributed by atoms with E-state index in [0.29, 0.717) is 0 Å². The molecule has 1 unspecified atom stereocenters. The summed E-state index contributed by atoms with van der Waals surface area (Å²) < 4.78 is 51.1. The fraction of sp³-hybridized carbons (Fsp3) is 0.500. The molecule has 1 N–H and O–H groups in total. The van der Waals surface area contributed by atoms with Crippen LogP contribution in [0.3, 0.4) is 0 Å². The van der Waals surface area contributed by atoms with Gasteiger partial charge in [-0.3, -0.25) is 4.21 Å². The van der Waals surface area contributed by atoms with E-state index < -0.39 is 31.4 Å². The van der Waals surface area contributed by atoms with Crippen LogP contribution in [0, 0.1) is 5.82 Å². The number of benzene rings is 1. The predicted octanol–water partition coefficient (Wildman–Crippen LogP) is 1.41. The predicted molar refractivity (Wildman–Crippen MR) is 72.2 cm³/mol. The molecular weight excluding hydrogens is 289 g/mol. The van der Waals surface area contributed by atoms with Gasteiger partial charge in [-0.1, -0.05) is 18.6 Å². The molecule has 0 saturated heterocycles. The first-order chi connectivity index (χ1) is 8.87. The lowest BCUT2D eigenvalue weighted by Crippen LogP contribution is -2.50. The SMILES string of the molecule is CS(=O)C1(CNS(=O)(=O)c2ccccc2F)CCC1. The normalized spacial score (nSPS) is 19.7. The molecule has 1 aromatic rings. The molecular formula is C12H16FNO3S2. The van der Waals surface area contributed by atoms with Gasteiger partial charge in [-0.15, -0.1) is 0 Å². The minimum Gasteiger partial charge on any atom is -0.259 e. The Hall–Kier alpha value is -0.790. The van der Waals surface area contributed by atoms with Crippen molar-refractivity contribution in [2.75, 3.05) is 12.8 Å². The smallest absolute Gasteiger partial charge is 0.243 e. The van der Waals surface area contributed by atoms with Crippen molar-refractivity contribution >= 4 is 20.8 Å². The van der Waals surface area contributed by atoms with Crippen molar-refractivity contribution < 1.29 is 17.0 Å². The molecule has 0 aliphatic heterocycles. The number of hydrogen-bond donors (Lipinski definition) is 1. The molecule has 19 heavy (non-hydrogen) atoms. The summed E-state index contributed by atoms with van der Waals surface area (Å²) in [6.45, 7) is 0.0901. The molecule has 1 aliphatic rings. The first-order valence-corrected chi connectivity index (χ1v) is 8.99. The highest BCUT2D eigenvalue weighted by atomic mass is 32.2. The average molecular weight is 305 g/mol. The van der Waals surface area contributed by atoms with Crippen molar-refractivity contribution in [2.24, 2.45) is 0 Å². The van der Waals surface area contributed by atoms with Crippen LogP contribution in [-0.4, -0.2) is 30.2 Å². The highest BCUT2D eigenvalue weighted by molar-refractivity contribution is 7.89. The van der Waals surface area contributed by atoms with Crippen LogP contribution in [-0.2, 0) is 20.8 Å². The van der Waals surface area contributed by atoms with Gasteiger partial charge in [0.2, 0.25) is 10.0 Å². The van der Waals surface area contributed by atoms with Crippen LogP contribution < -0.4 is 4.72 Å². The number of sulfonamides is 1. The Kier molecular flexibility index (Phi) is 4.08. The zero-order valence-corrected chi connectivity index (χ0v) is 12.2. The summed E-state index contributed by atoms with van der Waals surface area (Å²) >= 11 is 0. The highest BCUT2D eigenvalue weighted by Gasteiger charge is 2.41. The van der Waals surface area contributed by atoms with Crippen molar-refractivity contribution in [3.8, 4) is 0 Å². The second-order valence-electron chi connectivity index (χ2n) is 4.75. The van der Waals surface area contributed by atoms with Crippen LogP contribution >= 0.6 is 0 Å². The minimum atomic E-state index is -3.89. The summed E-state index contributed by atoms with van der Waals surface area (Å²) in [5.74, 6) is -0.782. The van der Waals surface area contributed by atoms with E-state index in [4.69, 9.17) is 0 Å². The van der Waals surface area contributed by atoms with Crippen molar-refractivity contribution in [1.82, 2.24) is 4.72 Å². The van der Waals surface area contributed by atoms with Crippen LogP contribution in [0.4, 0.5) is 4.39 Å². The zero-order valence-electron chi connectivity index (χ0n) is 10.6. The third-order valence-corrected chi connectivity index (χ3v) is 6.79. The zero-order chi connectivity index (χ0) is 14.1. The van der Waals surface area contributed by atoms with E-state index in [1.54, 1.807) is 6.26 Å². The lowest BCUT2D eigenvalue weighted by Gasteiger charge is -2.39. The Labute approximate surface area is 114 Å². The Morgan fingerprint density at radius 3 is 2.47 bits per heavy atom. The number of hydrogen-bond acceptors (Lipinski definition) is 3. The first-order valence-electron chi connectivity index (χ1n) is 5.95. The second kappa shape index (κ2) is 5.30. The molecule has 1 atom stereocenters. The molecule has 0 heterocycles. The van der Waals surface area contributed by atoms with Crippen molar-refractivity contribution in [2.45, 2.75) is 28.9 Å². The number of halogens is 1. The van der Waals surface area contributed by atoms with Crippen molar-refractivity contribution in [3.05, 3.63) is 30.1 Å². The topological polar surface area (TPSA) is 63.2 Å². The number of rotatable bonds is 5.